The molecule has 0 N–H and O–H groups in total. The van der Waals surface area contributed by atoms with Crippen LogP contribution in [-0.4, -0.2) is 40.1 Å². The molecule has 4 rings (SSSR count). The molecule has 23 heavy (non-hydrogen) atoms. The summed E-state index contributed by atoms with van der Waals surface area (Å²) in [5, 5.41) is 20.4. The number of rotatable bonds is 5. The molecule has 0 saturated heterocycles. The van der Waals surface area contributed by atoms with Crippen LogP contribution >= 0.6 is 0 Å². The zero-order chi connectivity index (χ0) is 15.5. The first-order chi connectivity index (χ1) is 11.4. The van der Waals surface area contributed by atoms with E-state index in [1.54, 1.807) is 10.9 Å². The van der Waals surface area contributed by atoms with E-state index in [1.165, 1.54) is 4.80 Å². The van der Waals surface area contributed by atoms with Crippen LogP contribution in [0.4, 0.5) is 0 Å². The van der Waals surface area contributed by atoms with Gasteiger partial charge >= 0.3 is 0 Å². The highest BCUT2D eigenvalue weighted by molar-refractivity contribution is 5.52. The van der Waals surface area contributed by atoms with Gasteiger partial charge in [0.05, 0.1) is 0 Å². The van der Waals surface area contributed by atoms with Crippen molar-refractivity contribution in [3.63, 3.8) is 0 Å². The zero-order valence-corrected chi connectivity index (χ0v) is 12.0. The van der Waals surface area contributed by atoms with E-state index in [4.69, 9.17) is 4.52 Å². The van der Waals surface area contributed by atoms with Gasteiger partial charge in [-0.1, -0.05) is 35.5 Å². The molecule has 0 saturated carbocycles. The Kier molecular flexibility index (Phi) is 3.35. The molecule has 1 aromatic carbocycles. The third-order valence-corrected chi connectivity index (χ3v) is 3.13. The van der Waals surface area contributed by atoms with Gasteiger partial charge in [0.25, 0.3) is 0 Å². The standard InChI is InChI=1S/C14H12N8O/c1-2-5-11(6-3-1)14-17-20-22(18-14)10-13-16-12(19-23-13)9-21-8-4-7-15-21/h1-8H,9-10H2. The van der Waals surface area contributed by atoms with Crippen LogP contribution in [0, 0.1) is 0 Å². The third-order valence-electron chi connectivity index (χ3n) is 3.13. The van der Waals surface area contributed by atoms with Gasteiger partial charge in [0.2, 0.25) is 11.7 Å². The molecule has 9 heteroatoms. The molecule has 0 bridgehead atoms. The van der Waals surface area contributed by atoms with Crippen LogP contribution in [0.3, 0.4) is 0 Å². The maximum Gasteiger partial charge on any atom is 0.250 e. The second-order valence-electron chi connectivity index (χ2n) is 4.82. The molecule has 0 aliphatic rings. The van der Waals surface area contributed by atoms with Crippen molar-refractivity contribution in [2.24, 2.45) is 0 Å². The monoisotopic (exact) mass is 308 g/mol. The summed E-state index contributed by atoms with van der Waals surface area (Å²) in [5.74, 6) is 1.53. The summed E-state index contributed by atoms with van der Waals surface area (Å²) in [6, 6.07) is 11.5. The van der Waals surface area contributed by atoms with Gasteiger partial charge in [-0.15, -0.1) is 10.2 Å². The Balaban J connectivity index is 1.46. The van der Waals surface area contributed by atoms with Gasteiger partial charge < -0.3 is 4.52 Å². The van der Waals surface area contributed by atoms with Gasteiger partial charge in [-0.2, -0.15) is 14.9 Å². The maximum absolute atomic E-state index is 5.20. The Morgan fingerprint density at radius 2 is 1.96 bits per heavy atom. The summed E-state index contributed by atoms with van der Waals surface area (Å²) < 4.78 is 6.92. The van der Waals surface area contributed by atoms with Crippen LogP contribution in [0.5, 0.6) is 0 Å². The first-order valence-corrected chi connectivity index (χ1v) is 6.99. The van der Waals surface area contributed by atoms with Gasteiger partial charge in [-0.05, 0) is 11.3 Å². The van der Waals surface area contributed by atoms with Crippen LogP contribution < -0.4 is 0 Å². The van der Waals surface area contributed by atoms with Gasteiger partial charge in [0.15, 0.2) is 5.82 Å². The SMILES string of the molecule is c1ccc(-c2nnn(Cc3nc(Cn4cccn4)no3)n2)cc1. The average molecular weight is 308 g/mol. The Morgan fingerprint density at radius 1 is 1.04 bits per heavy atom. The minimum atomic E-state index is 0.270. The van der Waals surface area contributed by atoms with E-state index in [0.29, 0.717) is 24.1 Å². The average Bonchev–Trinajstić information content (AvgIpc) is 3.32. The minimum absolute atomic E-state index is 0.270. The second kappa shape index (κ2) is 5.79. The second-order valence-corrected chi connectivity index (χ2v) is 4.82. The van der Waals surface area contributed by atoms with Crippen molar-refractivity contribution in [2.45, 2.75) is 13.1 Å². The van der Waals surface area contributed by atoms with E-state index in [0.717, 1.165) is 5.56 Å². The predicted octanol–water partition coefficient (Wildman–Crippen LogP) is 1.02. The molecule has 0 fully saturated rings. The van der Waals surface area contributed by atoms with E-state index in [2.05, 4.69) is 30.7 Å². The number of hydrogen-bond acceptors (Lipinski definition) is 7. The highest BCUT2D eigenvalue weighted by Gasteiger charge is 2.11. The largest absolute Gasteiger partial charge is 0.337 e. The Hall–Kier alpha value is -3.36. The van der Waals surface area contributed by atoms with E-state index < -0.39 is 0 Å². The van der Waals surface area contributed by atoms with E-state index in [-0.39, 0.29) is 6.54 Å². The molecule has 0 atom stereocenters. The summed E-state index contributed by atoms with van der Waals surface area (Å²) in [4.78, 5) is 5.72. The number of nitrogens with zero attached hydrogens (tertiary/aromatic N) is 8. The van der Waals surface area contributed by atoms with Gasteiger partial charge in [0.1, 0.15) is 13.1 Å². The lowest BCUT2D eigenvalue weighted by Crippen LogP contribution is -2.05. The molecule has 114 valence electrons. The van der Waals surface area contributed by atoms with E-state index in [9.17, 15) is 0 Å². The fourth-order valence-electron chi connectivity index (χ4n) is 2.09. The van der Waals surface area contributed by atoms with Crippen molar-refractivity contribution in [1.29, 1.82) is 0 Å². The molecule has 0 spiro atoms. The van der Waals surface area contributed by atoms with E-state index >= 15 is 0 Å². The van der Waals surface area contributed by atoms with Crippen LogP contribution in [0.1, 0.15) is 11.7 Å². The van der Waals surface area contributed by atoms with Crippen molar-refractivity contribution in [3.05, 3.63) is 60.5 Å². The summed E-state index contributed by atoms with van der Waals surface area (Å²) in [7, 11) is 0. The molecule has 3 heterocycles. The smallest absolute Gasteiger partial charge is 0.250 e. The number of hydrogen-bond donors (Lipinski definition) is 0. The van der Waals surface area contributed by atoms with Gasteiger partial charge in [-0.25, -0.2) is 0 Å². The van der Waals surface area contributed by atoms with Crippen molar-refractivity contribution in [1.82, 2.24) is 40.1 Å². The zero-order valence-electron chi connectivity index (χ0n) is 12.0. The quantitative estimate of drug-likeness (QED) is 0.542. The van der Waals surface area contributed by atoms with Crippen LogP contribution in [0.25, 0.3) is 11.4 Å². The molecule has 9 nitrogen and oxygen atoms in total. The normalized spacial score (nSPS) is 11.0. The van der Waals surface area contributed by atoms with Crippen LogP contribution in [-0.2, 0) is 13.1 Å². The fraction of sp³-hybridized carbons (Fsp3) is 0.143. The molecular weight excluding hydrogens is 296 g/mol. The highest BCUT2D eigenvalue weighted by atomic mass is 16.5. The summed E-state index contributed by atoms with van der Waals surface area (Å²) >= 11 is 0. The van der Waals surface area contributed by atoms with Crippen LogP contribution in [0.15, 0.2) is 53.3 Å². The molecule has 4 aromatic rings. The predicted molar refractivity (Wildman–Crippen MR) is 78.0 cm³/mol. The van der Waals surface area contributed by atoms with E-state index in [1.807, 2.05) is 42.6 Å². The van der Waals surface area contributed by atoms with Crippen molar-refractivity contribution >= 4 is 0 Å². The lowest BCUT2D eigenvalue weighted by Gasteiger charge is -1.94. The molecule has 0 unspecified atom stereocenters. The number of benzene rings is 1. The summed E-state index contributed by atoms with van der Waals surface area (Å²) in [6.07, 6.45) is 3.53. The van der Waals surface area contributed by atoms with Crippen LogP contribution in [0.2, 0.25) is 0 Å². The topological polar surface area (TPSA) is 100 Å². The molecule has 0 aliphatic carbocycles. The summed E-state index contributed by atoms with van der Waals surface area (Å²) in [6.45, 7) is 0.725. The fourth-order valence-corrected chi connectivity index (χ4v) is 2.09. The Morgan fingerprint density at radius 3 is 2.78 bits per heavy atom. The molecule has 0 amide bonds. The lowest BCUT2D eigenvalue weighted by atomic mass is 10.2. The first kappa shape index (κ1) is 13.3. The molecule has 0 aliphatic heterocycles. The van der Waals surface area contributed by atoms with Gasteiger partial charge in [-0.3, -0.25) is 4.68 Å². The van der Waals surface area contributed by atoms with Crippen molar-refractivity contribution in [3.8, 4) is 11.4 Å². The Bertz CT molecular complexity index is 881. The first-order valence-electron chi connectivity index (χ1n) is 6.99. The number of aromatic nitrogens is 8. The van der Waals surface area contributed by atoms with Gasteiger partial charge in [0, 0.05) is 18.0 Å². The highest BCUT2D eigenvalue weighted by Crippen LogP contribution is 2.12. The maximum atomic E-state index is 5.20. The Labute approximate surface area is 130 Å². The molecule has 0 radical (unpaired) electrons. The third kappa shape index (κ3) is 2.98. The number of tetrazole rings is 1. The summed E-state index contributed by atoms with van der Waals surface area (Å²) in [5.41, 5.74) is 0.906. The van der Waals surface area contributed by atoms with Crippen molar-refractivity contribution in [2.75, 3.05) is 0 Å². The molecule has 3 aromatic heterocycles. The molecular formula is C14H12N8O. The van der Waals surface area contributed by atoms with Crippen molar-refractivity contribution < 1.29 is 4.52 Å². The minimum Gasteiger partial charge on any atom is -0.337 e. The lowest BCUT2D eigenvalue weighted by molar-refractivity contribution is 0.351.